The molecule has 2 aliphatic rings. The summed E-state index contributed by atoms with van der Waals surface area (Å²) in [6.45, 7) is 2.39. The van der Waals surface area contributed by atoms with E-state index in [4.69, 9.17) is 4.98 Å². The van der Waals surface area contributed by atoms with E-state index in [1.54, 1.807) is 18.0 Å². The molecule has 4 heterocycles. The van der Waals surface area contributed by atoms with Gasteiger partial charge in [-0.1, -0.05) is 11.8 Å². The Labute approximate surface area is 160 Å². The molecule has 132 valence electrons. The first-order valence-electron chi connectivity index (χ1n) is 8.40. The van der Waals surface area contributed by atoms with Crippen molar-refractivity contribution in [2.45, 2.75) is 37.1 Å². The van der Waals surface area contributed by atoms with Gasteiger partial charge in [-0.25, -0.2) is 15.0 Å². The van der Waals surface area contributed by atoms with Gasteiger partial charge in [0.2, 0.25) is 0 Å². The van der Waals surface area contributed by atoms with Crippen molar-refractivity contribution >= 4 is 33.5 Å². The van der Waals surface area contributed by atoms with Crippen molar-refractivity contribution in [2.75, 3.05) is 24.2 Å². The van der Waals surface area contributed by atoms with Gasteiger partial charge in [-0.3, -0.25) is 0 Å². The van der Waals surface area contributed by atoms with Crippen LogP contribution in [-0.4, -0.2) is 45.0 Å². The zero-order chi connectivity index (χ0) is 17.4. The average Bonchev–Trinajstić information content (AvgIpc) is 3.00. The molecule has 0 aromatic carbocycles. The van der Waals surface area contributed by atoms with E-state index >= 15 is 0 Å². The molecule has 4 rings (SSSR count). The molecule has 25 heavy (non-hydrogen) atoms. The molecule has 2 aliphatic heterocycles. The molecular formula is C17H20BrN5OS. The van der Waals surface area contributed by atoms with Gasteiger partial charge in [0.1, 0.15) is 23.5 Å². The molecule has 6 nitrogen and oxygen atoms in total. The van der Waals surface area contributed by atoms with Gasteiger partial charge in [-0.05, 0) is 47.2 Å². The van der Waals surface area contributed by atoms with Crippen LogP contribution in [0.5, 0.6) is 0 Å². The molecule has 2 aromatic heterocycles. The number of halogens is 1. The average molecular weight is 422 g/mol. The third-order valence-corrected chi connectivity index (χ3v) is 5.94. The number of hydroxylamine groups is 3. The molecule has 0 N–H and O–H groups in total. The maximum Gasteiger partial charge on any atom is 0.189 e. The van der Waals surface area contributed by atoms with Crippen molar-refractivity contribution in [1.29, 1.82) is 0 Å². The molecule has 2 atom stereocenters. The van der Waals surface area contributed by atoms with E-state index in [1.165, 1.54) is 0 Å². The van der Waals surface area contributed by atoms with E-state index in [9.17, 15) is 5.21 Å². The minimum absolute atomic E-state index is 0.256. The quantitative estimate of drug-likeness (QED) is 0.249. The predicted octanol–water partition coefficient (Wildman–Crippen LogP) is 3.35. The number of fused-ring (bicyclic) bond motifs is 3. The van der Waals surface area contributed by atoms with Gasteiger partial charge < -0.3 is 14.8 Å². The van der Waals surface area contributed by atoms with Gasteiger partial charge in [-0.15, -0.1) is 0 Å². The molecule has 0 saturated carbocycles. The normalized spacial score (nSPS) is 25.4. The summed E-state index contributed by atoms with van der Waals surface area (Å²) in [4.78, 5) is 15.7. The van der Waals surface area contributed by atoms with E-state index in [2.05, 4.69) is 30.8 Å². The zero-order valence-corrected chi connectivity index (χ0v) is 16.5. The molecule has 8 heteroatoms. The molecule has 0 radical (unpaired) electrons. The number of thioether (sulfide) groups is 1. The molecule has 0 spiro atoms. The van der Waals surface area contributed by atoms with Crippen molar-refractivity contribution in [3.63, 3.8) is 0 Å². The maximum atomic E-state index is 13.7. The molecule has 0 aliphatic carbocycles. The molecule has 2 aromatic rings. The summed E-state index contributed by atoms with van der Waals surface area (Å²) in [5.41, 5.74) is 1.93. The topological polar surface area (TPSA) is 65.0 Å². The summed E-state index contributed by atoms with van der Waals surface area (Å²) in [6, 6.07) is 4.12. The summed E-state index contributed by atoms with van der Waals surface area (Å²) in [5, 5.41) is 14.4. The minimum atomic E-state index is -0.278. The lowest BCUT2D eigenvalue weighted by Crippen LogP contribution is -2.47. The van der Waals surface area contributed by atoms with Crippen LogP contribution in [0.25, 0.3) is 0 Å². The maximum absolute atomic E-state index is 13.7. The van der Waals surface area contributed by atoms with Crippen molar-refractivity contribution in [1.82, 2.24) is 15.0 Å². The Morgan fingerprint density at radius 2 is 2.24 bits per heavy atom. The number of pyridine rings is 1. The monoisotopic (exact) mass is 421 g/mol. The minimum Gasteiger partial charge on any atom is -0.632 e. The second-order valence-corrected chi connectivity index (χ2v) is 8.33. The Kier molecular flexibility index (Phi) is 4.70. The van der Waals surface area contributed by atoms with Crippen molar-refractivity contribution in [2.24, 2.45) is 0 Å². The number of quaternary nitrogens is 1. The Bertz CT molecular complexity index is 774. The third-order valence-electron chi connectivity index (χ3n) is 4.91. The second-order valence-electron chi connectivity index (χ2n) is 6.74. The smallest absolute Gasteiger partial charge is 0.189 e. The predicted molar refractivity (Wildman–Crippen MR) is 102 cm³/mol. The first-order valence-corrected chi connectivity index (χ1v) is 10.4. The Morgan fingerprint density at radius 3 is 3.00 bits per heavy atom. The van der Waals surface area contributed by atoms with Crippen LogP contribution in [0.2, 0.25) is 0 Å². The fraction of sp³-hybridized carbons (Fsp3) is 0.471. The highest BCUT2D eigenvalue weighted by atomic mass is 79.9. The van der Waals surface area contributed by atoms with Gasteiger partial charge >= 0.3 is 0 Å². The lowest BCUT2D eigenvalue weighted by atomic mass is 10.2. The highest BCUT2D eigenvalue weighted by molar-refractivity contribution is 9.10. The van der Waals surface area contributed by atoms with E-state index in [0.29, 0.717) is 19.6 Å². The zero-order valence-electron chi connectivity index (χ0n) is 14.1. The number of hydrogen-bond acceptors (Lipinski definition) is 6. The van der Waals surface area contributed by atoms with Gasteiger partial charge in [-0.2, -0.15) is 0 Å². The van der Waals surface area contributed by atoms with Crippen molar-refractivity contribution in [3.8, 4) is 0 Å². The summed E-state index contributed by atoms with van der Waals surface area (Å²) >= 11 is 4.89. The molecule has 0 amide bonds. The van der Waals surface area contributed by atoms with Gasteiger partial charge in [0, 0.05) is 24.5 Å². The fourth-order valence-corrected chi connectivity index (χ4v) is 4.43. The van der Waals surface area contributed by atoms with E-state index in [-0.39, 0.29) is 10.7 Å². The molecular weight excluding hydrogens is 402 g/mol. The molecule has 2 unspecified atom stereocenters. The highest BCUT2D eigenvalue weighted by Gasteiger charge is 2.38. The Balaban J connectivity index is 1.69. The van der Waals surface area contributed by atoms with Crippen LogP contribution in [0.4, 0.5) is 5.82 Å². The van der Waals surface area contributed by atoms with Crippen LogP contribution >= 0.6 is 27.7 Å². The lowest BCUT2D eigenvalue weighted by Gasteiger charge is -2.43. The number of hydrogen-bond donors (Lipinski definition) is 0. The third kappa shape index (κ3) is 3.53. The highest BCUT2D eigenvalue weighted by Crippen LogP contribution is 2.35. The van der Waals surface area contributed by atoms with Crippen LogP contribution < -0.4 is 4.90 Å². The second kappa shape index (κ2) is 6.83. The first kappa shape index (κ1) is 17.2. The van der Waals surface area contributed by atoms with E-state index in [1.807, 2.05) is 24.6 Å². The van der Waals surface area contributed by atoms with Crippen LogP contribution in [-0.2, 0) is 13.1 Å². The number of aromatic nitrogens is 3. The number of anilines is 1. The van der Waals surface area contributed by atoms with Crippen LogP contribution in [0.1, 0.15) is 24.0 Å². The Hall–Kier alpha value is -1.22. The summed E-state index contributed by atoms with van der Waals surface area (Å²) < 4.78 is 0.509. The van der Waals surface area contributed by atoms with Crippen molar-refractivity contribution in [3.05, 3.63) is 45.5 Å². The molecule has 1 fully saturated rings. The van der Waals surface area contributed by atoms with Crippen LogP contribution in [0, 0.1) is 5.21 Å². The summed E-state index contributed by atoms with van der Waals surface area (Å²) in [5.74, 6) is 0.964. The number of rotatable bonds is 3. The van der Waals surface area contributed by atoms with Gasteiger partial charge in [0.15, 0.2) is 5.16 Å². The number of nitrogens with zero attached hydrogens (tertiary/aromatic N) is 5. The van der Waals surface area contributed by atoms with Crippen molar-refractivity contribution < 1.29 is 4.65 Å². The first-order chi connectivity index (χ1) is 12.1. The van der Waals surface area contributed by atoms with Gasteiger partial charge in [0.25, 0.3) is 0 Å². The summed E-state index contributed by atoms with van der Waals surface area (Å²) in [6.07, 6.45) is 7.78. The van der Waals surface area contributed by atoms with E-state index in [0.717, 1.165) is 46.1 Å². The summed E-state index contributed by atoms with van der Waals surface area (Å²) in [7, 11) is 0. The standard InChI is InChI=1S/C17H20BrN5OS/c1-25-17-20-8-13-10-23(24,9-12-4-5-15(18)19-7-12)11-14-3-2-6-22(14)16(13)21-17/h4-5,7-8,14H,2-3,6,9-11H2,1H3. The Morgan fingerprint density at radius 1 is 1.36 bits per heavy atom. The van der Waals surface area contributed by atoms with Crippen LogP contribution in [0.3, 0.4) is 0 Å². The van der Waals surface area contributed by atoms with Gasteiger partial charge in [0.05, 0.1) is 18.2 Å². The lowest BCUT2D eigenvalue weighted by molar-refractivity contribution is -0.907. The largest absolute Gasteiger partial charge is 0.632 e. The SMILES string of the molecule is CSc1ncc2c(n1)N1CCCC1C[N+]([O-])(Cc1ccc(Br)nc1)C2. The van der Waals surface area contributed by atoms with E-state index < -0.39 is 0 Å². The molecule has 1 saturated heterocycles. The fourth-order valence-electron chi connectivity index (χ4n) is 3.86. The van der Waals surface area contributed by atoms with Crippen LogP contribution in [0.15, 0.2) is 34.3 Å². The molecule has 0 bridgehead atoms.